The molecule has 1 saturated heterocycles. The number of nitrogens with zero attached hydrogens (tertiary/aromatic N) is 1. The van der Waals surface area contributed by atoms with Crippen LogP contribution in [-0.2, 0) is 0 Å². The van der Waals surface area contributed by atoms with Crippen LogP contribution >= 0.6 is 0 Å². The number of hydrogen-bond acceptors (Lipinski definition) is 4. The van der Waals surface area contributed by atoms with E-state index in [9.17, 15) is 0 Å². The molecule has 1 heterocycles. The highest BCUT2D eigenvalue weighted by molar-refractivity contribution is 5.10. The number of rotatable bonds is 2. The largest absolute Gasteiger partial charge is 0.495 e. The third kappa shape index (κ3) is 2.38. The molecule has 0 radical (unpaired) electrons. The van der Waals surface area contributed by atoms with Crippen molar-refractivity contribution in [1.82, 2.24) is 4.90 Å². The van der Waals surface area contributed by atoms with Crippen molar-refractivity contribution < 1.29 is 5.11 Å². The van der Waals surface area contributed by atoms with E-state index in [-0.39, 0.29) is 5.88 Å². The zero-order valence-corrected chi connectivity index (χ0v) is 7.03. The van der Waals surface area contributed by atoms with Crippen molar-refractivity contribution in [2.45, 2.75) is 12.8 Å². The maximum Gasteiger partial charge on any atom is 0.181 e. The molecule has 12 heavy (non-hydrogen) atoms. The molecule has 0 bridgehead atoms. The SMILES string of the molecule is N/C(O)=C\C=C(/N)N1CCCC1. The minimum absolute atomic E-state index is 0.211. The van der Waals surface area contributed by atoms with Crippen LogP contribution in [-0.4, -0.2) is 23.1 Å². The number of allylic oxidation sites excluding steroid dienone is 2. The molecule has 0 aromatic carbocycles. The van der Waals surface area contributed by atoms with Gasteiger partial charge in [0.2, 0.25) is 0 Å². The Balaban J connectivity index is 2.50. The number of hydrogen-bond donors (Lipinski definition) is 3. The quantitative estimate of drug-likeness (QED) is 0.409. The van der Waals surface area contributed by atoms with Gasteiger partial charge in [0, 0.05) is 19.2 Å². The van der Waals surface area contributed by atoms with E-state index < -0.39 is 0 Å². The third-order valence-electron chi connectivity index (χ3n) is 1.90. The number of aliphatic hydroxyl groups is 1. The first-order valence-electron chi connectivity index (χ1n) is 4.07. The topological polar surface area (TPSA) is 75.5 Å². The molecule has 0 unspecified atom stereocenters. The van der Waals surface area contributed by atoms with Crippen molar-refractivity contribution in [1.29, 1.82) is 0 Å². The second-order valence-electron chi connectivity index (χ2n) is 2.88. The smallest absolute Gasteiger partial charge is 0.181 e. The molecular weight excluding hydrogens is 154 g/mol. The maximum atomic E-state index is 8.66. The number of likely N-dealkylation sites (tertiary alicyclic amines) is 1. The molecule has 0 atom stereocenters. The fraction of sp³-hybridized carbons (Fsp3) is 0.500. The van der Waals surface area contributed by atoms with E-state index in [4.69, 9.17) is 16.6 Å². The summed E-state index contributed by atoms with van der Waals surface area (Å²) in [5, 5.41) is 8.66. The summed E-state index contributed by atoms with van der Waals surface area (Å²) >= 11 is 0. The lowest BCUT2D eigenvalue weighted by molar-refractivity contribution is 0.403. The third-order valence-corrected chi connectivity index (χ3v) is 1.90. The van der Waals surface area contributed by atoms with Crippen molar-refractivity contribution in [2.75, 3.05) is 13.1 Å². The molecule has 5 N–H and O–H groups in total. The van der Waals surface area contributed by atoms with Gasteiger partial charge in [0.25, 0.3) is 0 Å². The first kappa shape index (κ1) is 8.77. The predicted octanol–water partition coefficient (Wildman–Crippen LogP) is 0.240. The molecule has 68 valence electrons. The summed E-state index contributed by atoms with van der Waals surface area (Å²) in [6.45, 7) is 2.00. The van der Waals surface area contributed by atoms with E-state index >= 15 is 0 Å². The Morgan fingerprint density at radius 2 is 1.75 bits per heavy atom. The summed E-state index contributed by atoms with van der Waals surface area (Å²) < 4.78 is 0. The summed E-state index contributed by atoms with van der Waals surface area (Å²) in [4.78, 5) is 2.07. The van der Waals surface area contributed by atoms with E-state index in [0.717, 1.165) is 13.1 Å². The van der Waals surface area contributed by atoms with Gasteiger partial charge in [0.1, 0.15) is 0 Å². The molecule has 4 nitrogen and oxygen atoms in total. The summed E-state index contributed by atoms with van der Waals surface area (Å²) in [6.07, 6.45) is 5.40. The molecule has 0 aromatic heterocycles. The minimum Gasteiger partial charge on any atom is -0.495 e. The molecule has 0 aliphatic carbocycles. The van der Waals surface area contributed by atoms with Crippen LogP contribution in [0, 0.1) is 0 Å². The van der Waals surface area contributed by atoms with Gasteiger partial charge in [-0.1, -0.05) is 0 Å². The molecule has 1 fully saturated rings. The van der Waals surface area contributed by atoms with Crippen LogP contribution in [0.15, 0.2) is 23.9 Å². The molecule has 1 rings (SSSR count). The molecule has 1 aliphatic rings. The Kier molecular flexibility index (Phi) is 2.85. The Hall–Kier alpha value is -1.32. The first-order chi connectivity index (χ1) is 5.70. The van der Waals surface area contributed by atoms with Gasteiger partial charge >= 0.3 is 0 Å². The van der Waals surface area contributed by atoms with E-state index in [2.05, 4.69) is 4.90 Å². The Labute approximate surface area is 72.1 Å². The van der Waals surface area contributed by atoms with E-state index in [1.54, 1.807) is 6.08 Å². The van der Waals surface area contributed by atoms with Gasteiger partial charge in [-0.2, -0.15) is 0 Å². The van der Waals surface area contributed by atoms with Crippen molar-refractivity contribution in [3.05, 3.63) is 23.9 Å². The number of nitrogens with two attached hydrogens (primary N) is 2. The lowest BCUT2D eigenvalue weighted by Crippen LogP contribution is -2.24. The zero-order valence-electron chi connectivity index (χ0n) is 7.03. The van der Waals surface area contributed by atoms with Crippen molar-refractivity contribution in [3.8, 4) is 0 Å². The van der Waals surface area contributed by atoms with Gasteiger partial charge in [-0.15, -0.1) is 0 Å². The minimum atomic E-state index is -0.211. The summed E-state index contributed by atoms with van der Waals surface area (Å²) in [7, 11) is 0. The molecule has 0 spiro atoms. The Morgan fingerprint density at radius 3 is 2.25 bits per heavy atom. The van der Waals surface area contributed by atoms with Gasteiger partial charge in [-0.3, -0.25) is 0 Å². The molecule has 1 aliphatic heterocycles. The highest BCUT2D eigenvalue weighted by atomic mass is 16.3. The normalized spacial score (nSPS) is 20.2. The van der Waals surface area contributed by atoms with E-state index in [1.165, 1.54) is 18.9 Å². The van der Waals surface area contributed by atoms with Crippen LogP contribution in [0.5, 0.6) is 0 Å². The molecule has 0 saturated carbocycles. The van der Waals surface area contributed by atoms with Gasteiger partial charge < -0.3 is 21.5 Å². The van der Waals surface area contributed by atoms with Crippen LogP contribution in [0.4, 0.5) is 0 Å². The Morgan fingerprint density at radius 1 is 1.17 bits per heavy atom. The maximum absolute atomic E-state index is 8.66. The highest BCUT2D eigenvalue weighted by Crippen LogP contribution is 2.10. The van der Waals surface area contributed by atoms with Crippen LogP contribution in [0.2, 0.25) is 0 Å². The van der Waals surface area contributed by atoms with Gasteiger partial charge in [0.05, 0.1) is 5.82 Å². The predicted molar refractivity (Wildman–Crippen MR) is 48.0 cm³/mol. The molecule has 4 heteroatoms. The Bertz CT molecular complexity index is 200. The van der Waals surface area contributed by atoms with Crippen LogP contribution in [0.25, 0.3) is 0 Å². The van der Waals surface area contributed by atoms with Gasteiger partial charge in [-0.25, -0.2) is 0 Å². The van der Waals surface area contributed by atoms with Crippen LogP contribution < -0.4 is 11.5 Å². The summed E-state index contributed by atoms with van der Waals surface area (Å²) in [5.74, 6) is 0.460. The molecule has 0 amide bonds. The second kappa shape index (κ2) is 3.90. The first-order valence-corrected chi connectivity index (χ1v) is 4.07. The van der Waals surface area contributed by atoms with E-state index in [0.29, 0.717) is 5.82 Å². The monoisotopic (exact) mass is 169 g/mol. The van der Waals surface area contributed by atoms with E-state index in [1.807, 2.05) is 0 Å². The van der Waals surface area contributed by atoms with Gasteiger partial charge in [-0.05, 0) is 18.9 Å². The van der Waals surface area contributed by atoms with Crippen LogP contribution in [0.1, 0.15) is 12.8 Å². The van der Waals surface area contributed by atoms with Crippen molar-refractivity contribution in [2.24, 2.45) is 11.5 Å². The lowest BCUT2D eigenvalue weighted by Gasteiger charge is -2.16. The second-order valence-corrected chi connectivity index (χ2v) is 2.88. The van der Waals surface area contributed by atoms with Gasteiger partial charge in [0.15, 0.2) is 5.88 Å². The van der Waals surface area contributed by atoms with Crippen LogP contribution in [0.3, 0.4) is 0 Å². The molecular formula is C8H15N3O. The fourth-order valence-electron chi connectivity index (χ4n) is 1.25. The summed E-state index contributed by atoms with van der Waals surface area (Å²) in [5.41, 5.74) is 10.7. The summed E-state index contributed by atoms with van der Waals surface area (Å²) in [6, 6.07) is 0. The fourth-order valence-corrected chi connectivity index (χ4v) is 1.25. The highest BCUT2D eigenvalue weighted by Gasteiger charge is 2.10. The average Bonchev–Trinajstić information content (AvgIpc) is 2.51. The van der Waals surface area contributed by atoms with Crippen molar-refractivity contribution >= 4 is 0 Å². The van der Waals surface area contributed by atoms with Crippen molar-refractivity contribution in [3.63, 3.8) is 0 Å². The standard InChI is InChI=1S/C8H15N3O/c9-7(3-4-8(10)12)11-5-1-2-6-11/h3-4,12H,1-2,5-6,9-10H2/b7-3+,8-4+. The average molecular weight is 169 g/mol. The number of aliphatic hydroxyl groups excluding tert-OH is 1. The lowest BCUT2D eigenvalue weighted by atomic mass is 10.4. The molecule has 0 aromatic rings. The zero-order chi connectivity index (χ0) is 8.97.